The highest BCUT2D eigenvalue weighted by Crippen LogP contribution is 2.11. The zero-order chi connectivity index (χ0) is 11.4. The van der Waals surface area contributed by atoms with Crippen LogP contribution >= 0.6 is 0 Å². The van der Waals surface area contributed by atoms with Crippen molar-refractivity contribution in [3.05, 3.63) is 0 Å². The van der Waals surface area contributed by atoms with Crippen LogP contribution in [0.25, 0.3) is 0 Å². The Hall–Kier alpha value is -1.79. The maximum absolute atomic E-state index is 11.6. The van der Waals surface area contributed by atoms with Gasteiger partial charge in [0.05, 0.1) is 0 Å². The molecule has 0 unspecified atom stereocenters. The number of carboxylic acid groups (broad SMARTS) is 1. The van der Waals surface area contributed by atoms with Gasteiger partial charge in [-0.15, -0.1) is 0 Å². The van der Waals surface area contributed by atoms with E-state index in [4.69, 9.17) is 10.8 Å². The second kappa shape index (κ2) is 4.63. The Kier molecular flexibility index (Phi) is 3.48. The SMILES string of the molecule is NC(=O)N1CCCC[C@@H](NC(=O)O)C1=O. The third kappa shape index (κ3) is 2.83. The fraction of sp³-hybridized carbons (Fsp3) is 0.625. The molecular formula is C8H13N3O4. The lowest BCUT2D eigenvalue weighted by Gasteiger charge is -2.20. The largest absolute Gasteiger partial charge is 0.465 e. The van der Waals surface area contributed by atoms with Crippen LogP contribution in [0.1, 0.15) is 19.3 Å². The van der Waals surface area contributed by atoms with Crippen molar-refractivity contribution in [3.63, 3.8) is 0 Å². The second-order valence-corrected chi connectivity index (χ2v) is 3.33. The van der Waals surface area contributed by atoms with E-state index < -0.39 is 24.1 Å². The smallest absolute Gasteiger partial charge is 0.405 e. The minimum absolute atomic E-state index is 0.256. The van der Waals surface area contributed by atoms with Crippen LogP contribution in [0.15, 0.2) is 0 Å². The maximum atomic E-state index is 11.6. The molecule has 1 heterocycles. The van der Waals surface area contributed by atoms with Crippen molar-refractivity contribution in [1.82, 2.24) is 10.2 Å². The number of hydrogen-bond donors (Lipinski definition) is 3. The monoisotopic (exact) mass is 215 g/mol. The van der Waals surface area contributed by atoms with Gasteiger partial charge in [0.25, 0.3) is 5.91 Å². The average Bonchev–Trinajstić information content (AvgIpc) is 2.29. The standard InChI is InChI=1S/C8H13N3O4/c9-7(13)11-4-2-1-3-5(6(11)12)10-8(14)15/h5,10H,1-4H2,(H2,9,13)(H,14,15)/t5-/m1/s1. The summed E-state index contributed by atoms with van der Waals surface area (Å²) in [5.41, 5.74) is 5.01. The number of imide groups is 1. The molecule has 4 amide bonds. The summed E-state index contributed by atoms with van der Waals surface area (Å²) in [6.45, 7) is 0.256. The number of nitrogens with one attached hydrogen (secondary N) is 1. The van der Waals surface area contributed by atoms with Crippen molar-refractivity contribution >= 4 is 18.0 Å². The molecule has 0 radical (unpaired) electrons. The van der Waals surface area contributed by atoms with Crippen molar-refractivity contribution in [2.24, 2.45) is 5.73 Å². The summed E-state index contributed by atoms with van der Waals surface area (Å²) in [6, 6.07) is -1.70. The number of likely N-dealkylation sites (tertiary alicyclic amines) is 1. The molecule has 1 rings (SSSR count). The quantitative estimate of drug-likeness (QED) is 0.558. The van der Waals surface area contributed by atoms with Crippen molar-refractivity contribution in [1.29, 1.82) is 0 Å². The van der Waals surface area contributed by atoms with Crippen LogP contribution in [0.5, 0.6) is 0 Å². The number of urea groups is 1. The van der Waals surface area contributed by atoms with Gasteiger partial charge in [-0.1, -0.05) is 0 Å². The van der Waals surface area contributed by atoms with Gasteiger partial charge in [0.1, 0.15) is 6.04 Å². The van der Waals surface area contributed by atoms with Crippen LogP contribution < -0.4 is 11.1 Å². The molecule has 84 valence electrons. The molecule has 0 aromatic carbocycles. The summed E-state index contributed by atoms with van der Waals surface area (Å²) in [7, 11) is 0. The van der Waals surface area contributed by atoms with Crippen LogP contribution in [0.3, 0.4) is 0 Å². The van der Waals surface area contributed by atoms with Gasteiger partial charge < -0.3 is 16.2 Å². The predicted molar refractivity (Wildman–Crippen MR) is 50.1 cm³/mol. The second-order valence-electron chi connectivity index (χ2n) is 3.33. The summed E-state index contributed by atoms with van der Waals surface area (Å²) in [4.78, 5) is 33.8. The van der Waals surface area contributed by atoms with E-state index in [0.29, 0.717) is 19.3 Å². The predicted octanol–water partition coefficient (Wildman–Crippen LogP) is -0.286. The van der Waals surface area contributed by atoms with Gasteiger partial charge >= 0.3 is 12.1 Å². The number of hydrogen-bond acceptors (Lipinski definition) is 3. The normalized spacial score (nSPS) is 22.0. The molecule has 7 nitrogen and oxygen atoms in total. The number of nitrogens with two attached hydrogens (primary N) is 1. The molecule has 4 N–H and O–H groups in total. The van der Waals surface area contributed by atoms with Gasteiger partial charge in [-0.3, -0.25) is 9.69 Å². The first kappa shape index (κ1) is 11.3. The first-order valence-corrected chi connectivity index (χ1v) is 4.62. The zero-order valence-electron chi connectivity index (χ0n) is 8.10. The summed E-state index contributed by atoms with van der Waals surface area (Å²) < 4.78 is 0. The van der Waals surface area contributed by atoms with Crippen LogP contribution in [-0.2, 0) is 4.79 Å². The molecule has 0 saturated carbocycles. The molecule has 1 saturated heterocycles. The third-order valence-electron chi connectivity index (χ3n) is 2.25. The van der Waals surface area contributed by atoms with Gasteiger partial charge in [-0.25, -0.2) is 9.59 Å². The molecule has 0 bridgehead atoms. The molecule has 0 spiro atoms. The van der Waals surface area contributed by atoms with E-state index in [1.165, 1.54) is 0 Å². The van der Waals surface area contributed by atoms with Crippen molar-refractivity contribution in [2.75, 3.05) is 6.54 Å². The zero-order valence-corrected chi connectivity index (χ0v) is 8.10. The fourth-order valence-corrected chi connectivity index (χ4v) is 1.54. The number of rotatable bonds is 1. The molecular weight excluding hydrogens is 202 g/mol. The number of amides is 4. The highest BCUT2D eigenvalue weighted by atomic mass is 16.4. The Labute approximate surface area is 86.2 Å². The molecule has 7 heteroatoms. The number of carbonyl (C=O) groups excluding carboxylic acids is 2. The molecule has 1 aliphatic rings. The Morgan fingerprint density at radius 3 is 2.67 bits per heavy atom. The van der Waals surface area contributed by atoms with Crippen molar-refractivity contribution in [3.8, 4) is 0 Å². The Morgan fingerprint density at radius 2 is 2.13 bits per heavy atom. The van der Waals surface area contributed by atoms with E-state index in [1.807, 2.05) is 0 Å². The highest BCUT2D eigenvalue weighted by Gasteiger charge is 2.30. The Morgan fingerprint density at radius 1 is 1.47 bits per heavy atom. The van der Waals surface area contributed by atoms with E-state index in [9.17, 15) is 14.4 Å². The van der Waals surface area contributed by atoms with Gasteiger partial charge in [0, 0.05) is 6.54 Å². The minimum Gasteiger partial charge on any atom is -0.465 e. The van der Waals surface area contributed by atoms with Gasteiger partial charge in [-0.2, -0.15) is 0 Å². The molecule has 0 aromatic heterocycles. The van der Waals surface area contributed by atoms with Crippen molar-refractivity contribution < 1.29 is 19.5 Å². The molecule has 0 aromatic rings. The minimum atomic E-state index is -1.28. The fourth-order valence-electron chi connectivity index (χ4n) is 1.54. The lowest BCUT2D eigenvalue weighted by atomic mass is 10.1. The van der Waals surface area contributed by atoms with E-state index in [1.54, 1.807) is 0 Å². The van der Waals surface area contributed by atoms with Gasteiger partial charge in [0.15, 0.2) is 0 Å². The van der Waals surface area contributed by atoms with E-state index in [2.05, 4.69) is 5.32 Å². The summed E-state index contributed by atoms with van der Waals surface area (Å²) in [6.07, 6.45) is 0.446. The number of nitrogens with zero attached hydrogens (tertiary/aromatic N) is 1. The van der Waals surface area contributed by atoms with Crippen LogP contribution in [-0.4, -0.2) is 40.6 Å². The molecule has 1 aliphatic heterocycles. The molecule has 1 fully saturated rings. The summed E-state index contributed by atoms with van der Waals surface area (Å²) in [5.74, 6) is -0.567. The Balaban J connectivity index is 2.74. The van der Waals surface area contributed by atoms with Crippen molar-refractivity contribution in [2.45, 2.75) is 25.3 Å². The molecule has 1 atom stereocenters. The maximum Gasteiger partial charge on any atom is 0.405 e. The third-order valence-corrected chi connectivity index (χ3v) is 2.25. The lowest BCUT2D eigenvalue weighted by molar-refractivity contribution is -0.129. The first-order chi connectivity index (χ1) is 7.02. The van der Waals surface area contributed by atoms with Crippen LogP contribution in [0, 0.1) is 0 Å². The molecule has 0 aliphatic carbocycles. The van der Waals surface area contributed by atoms with E-state index in [0.717, 1.165) is 4.90 Å². The first-order valence-electron chi connectivity index (χ1n) is 4.62. The summed E-state index contributed by atoms with van der Waals surface area (Å²) in [5, 5.41) is 10.6. The number of primary amides is 1. The van der Waals surface area contributed by atoms with Gasteiger partial charge in [-0.05, 0) is 19.3 Å². The van der Waals surface area contributed by atoms with Gasteiger partial charge in [0.2, 0.25) is 0 Å². The lowest BCUT2D eigenvalue weighted by Crippen LogP contribution is -2.50. The number of carbonyl (C=O) groups is 3. The Bertz CT molecular complexity index is 292. The average molecular weight is 215 g/mol. The van der Waals surface area contributed by atoms with E-state index >= 15 is 0 Å². The summed E-state index contributed by atoms with van der Waals surface area (Å²) >= 11 is 0. The topological polar surface area (TPSA) is 113 Å². The van der Waals surface area contributed by atoms with Crippen LogP contribution in [0.2, 0.25) is 0 Å². The molecule has 15 heavy (non-hydrogen) atoms. The van der Waals surface area contributed by atoms with E-state index in [-0.39, 0.29) is 6.54 Å². The van der Waals surface area contributed by atoms with Crippen LogP contribution in [0.4, 0.5) is 9.59 Å². The highest BCUT2D eigenvalue weighted by molar-refractivity contribution is 5.97.